The van der Waals surface area contributed by atoms with Crippen molar-refractivity contribution in [1.82, 2.24) is 0 Å². The lowest BCUT2D eigenvalue weighted by atomic mass is 9.98. The van der Waals surface area contributed by atoms with Gasteiger partial charge in [0, 0.05) is 12.1 Å². The molecule has 0 aliphatic rings. The molecule has 0 saturated heterocycles. The minimum absolute atomic E-state index is 0.0963. The fourth-order valence-electron chi connectivity index (χ4n) is 2.37. The summed E-state index contributed by atoms with van der Waals surface area (Å²) in [7, 11) is -1.70. The van der Waals surface area contributed by atoms with Gasteiger partial charge in [0.1, 0.15) is 16.5 Å². The van der Waals surface area contributed by atoms with Crippen molar-refractivity contribution < 1.29 is 26.5 Å². The molecule has 7 heteroatoms. The number of rotatable bonds is 7. The van der Waals surface area contributed by atoms with E-state index in [4.69, 9.17) is 13.7 Å². The zero-order valence-electron chi connectivity index (χ0n) is 14.6. The second-order valence-corrected chi connectivity index (χ2v) is 7.04. The fraction of sp³-hybridized carbons (Fsp3) is 0.333. The lowest BCUT2D eigenvalue weighted by molar-refractivity contribution is 0.349. The summed E-state index contributed by atoms with van der Waals surface area (Å²) < 4.78 is 54.7. The molecule has 0 saturated carbocycles. The Kier molecular flexibility index (Phi) is 5.89. The van der Waals surface area contributed by atoms with Gasteiger partial charge in [-0.1, -0.05) is 32.0 Å². The molecule has 136 valence electrons. The van der Waals surface area contributed by atoms with Crippen molar-refractivity contribution >= 4 is 10.1 Å². The normalized spacial score (nSPS) is 12.5. The standard InChI is InChI=1S/C18H21FO5S/c1-5-12(2)13-8-6-7-9-15(13)24-25(20,21)18-11-17(23-4)16(22-3)10-14(18)19/h6-12H,5H2,1-4H3. The van der Waals surface area contributed by atoms with Crippen LogP contribution in [-0.4, -0.2) is 22.6 Å². The number of para-hydroxylation sites is 1. The number of methoxy groups -OCH3 is 2. The lowest BCUT2D eigenvalue weighted by Crippen LogP contribution is -2.13. The van der Waals surface area contributed by atoms with Gasteiger partial charge in [-0.3, -0.25) is 0 Å². The van der Waals surface area contributed by atoms with E-state index in [0.717, 1.165) is 24.1 Å². The largest absolute Gasteiger partial charge is 0.493 e. The molecule has 1 unspecified atom stereocenters. The van der Waals surface area contributed by atoms with E-state index < -0.39 is 20.8 Å². The van der Waals surface area contributed by atoms with Gasteiger partial charge in [0.2, 0.25) is 0 Å². The maximum atomic E-state index is 14.3. The topological polar surface area (TPSA) is 61.8 Å². The van der Waals surface area contributed by atoms with E-state index in [2.05, 4.69) is 0 Å². The predicted octanol–water partition coefficient (Wildman–Crippen LogP) is 4.12. The predicted molar refractivity (Wildman–Crippen MR) is 92.5 cm³/mol. The zero-order chi connectivity index (χ0) is 18.6. The van der Waals surface area contributed by atoms with E-state index in [9.17, 15) is 12.8 Å². The van der Waals surface area contributed by atoms with Crippen LogP contribution in [0.4, 0.5) is 4.39 Å². The summed E-state index contributed by atoms with van der Waals surface area (Å²) in [6.07, 6.45) is 0.811. The van der Waals surface area contributed by atoms with E-state index in [0.29, 0.717) is 0 Å². The molecule has 0 amide bonds. The summed E-state index contributed by atoms with van der Waals surface area (Å²) in [5, 5.41) is 0. The van der Waals surface area contributed by atoms with Crippen LogP contribution in [0.5, 0.6) is 17.2 Å². The molecule has 0 heterocycles. The van der Waals surface area contributed by atoms with Crippen molar-refractivity contribution in [2.45, 2.75) is 31.1 Å². The van der Waals surface area contributed by atoms with Gasteiger partial charge in [-0.2, -0.15) is 8.42 Å². The van der Waals surface area contributed by atoms with Gasteiger partial charge in [0.15, 0.2) is 11.5 Å². The highest BCUT2D eigenvalue weighted by molar-refractivity contribution is 7.87. The molecule has 1 atom stereocenters. The first-order chi connectivity index (χ1) is 11.8. The third-order valence-electron chi connectivity index (χ3n) is 3.97. The molecule has 2 rings (SSSR count). The van der Waals surface area contributed by atoms with Crippen LogP contribution in [0.3, 0.4) is 0 Å². The number of hydrogen-bond acceptors (Lipinski definition) is 5. The van der Waals surface area contributed by atoms with Crippen LogP contribution in [0.1, 0.15) is 31.7 Å². The van der Waals surface area contributed by atoms with E-state index in [-0.39, 0.29) is 23.2 Å². The van der Waals surface area contributed by atoms with Crippen molar-refractivity contribution in [3.63, 3.8) is 0 Å². The third-order valence-corrected chi connectivity index (χ3v) is 5.22. The molecule has 0 radical (unpaired) electrons. The van der Waals surface area contributed by atoms with Crippen molar-refractivity contribution in [3.8, 4) is 17.2 Å². The monoisotopic (exact) mass is 368 g/mol. The van der Waals surface area contributed by atoms with Gasteiger partial charge >= 0.3 is 10.1 Å². The van der Waals surface area contributed by atoms with Crippen molar-refractivity contribution in [2.75, 3.05) is 14.2 Å². The first-order valence-corrected chi connectivity index (χ1v) is 9.19. The summed E-state index contributed by atoms with van der Waals surface area (Å²) >= 11 is 0. The van der Waals surface area contributed by atoms with Crippen LogP contribution in [-0.2, 0) is 10.1 Å². The van der Waals surface area contributed by atoms with Crippen molar-refractivity contribution in [1.29, 1.82) is 0 Å². The molecule has 0 aromatic heterocycles. The highest BCUT2D eigenvalue weighted by atomic mass is 32.2. The Labute approximate surface area is 147 Å². The van der Waals surface area contributed by atoms with Crippen LogP contribution >= 0.6 is 0 Å². The highest BCUT2D eigenvalue weighted by Crippen LogP contribution is 2.35. The van der Waals surface area contributed by atoms with Gasteiger partial charge in [-0.15, -0.1) is 0 Å². The second-order valence-electron chi connectivity index (χ2n) is 5.52. The maximum absolute atomic E-state index is 14.3. The van der Waals surface area contributed by atoms with Gasteiger partial charge in [0.25, 0.3) is 0 Å². The zero-order valence-corrected chi connectivity index (χ0v) is 15.4. The van der Waals surface area contributed by atoms with Crippen LogP contribution < -0.4 is 13.7 Å². The Morgan fingerprint density at radius 2 is 1.64 bits per heavy atom. The fourth-order valence-corrected chi connectivity index (χ4v) is 3.40. The summed E-state index contributed by atoms with van der Waals surface area (Å²) in [6.45, 7) is 3.95. The molecular weight excluding hydrogens is 347 g/mol. The Bertz CT molecular complexity index is 849. The van der Waals surface area contributed by atoms with Gasteiger partial charge < -0.3 is 13.7 Å². The molecule has 25 heavy (non-hydrogen) atoms. The van der Waals surface area contributed by atoms with Gasteiger partial charge in [-0.05, 0) is 24.0 Å². The SMILES string of the molecule is CCC(C)c1ccccc1OS(=O)(=O)c1cc(OC)c(OC)cc1F. The first-order valence-electron chi connectivity index (χ1n) is 7.79. The molecule has 0 bridgehead atoms. The lowest BCUT2D eigenvalue weighted by Gasteiger charge is -2.16. The molecule has 2 aromatic carbocycles. The van der Waals surface area contributed by atoms with E-state index >= 15 is 0 Å². The van der Waals surface area contributed by atoms with E-state index in [1.807, 2.05) is 13.8 Å². The Morgan fingerprint density at radius 3 is 2.24 bits per heavy atom. The Balaban J connectivity index is 2.48. The molecular formula is C18H21FO5S. The van der Waals surface area contributed by atoms with Crippen LogP contribution in [0.25, 0.3) is 0 Å². The quantitative estimate of drug-likeness (QED) is 0.688. The second kappa shape index (κ2) is 7.74. The minimum atomic E-state index is -4.38. The maximum Gasteiger partial charge on any atom is 0.342 e. The summed E-state index contributed by atoms with van der Waals surface area (Å²) in [6, 6.07) is 8.83. The number of ether oxygens (including phenoxy) is 2. The van der Waals surface area contributed by atoms with Crippen molar-refractivity contribution in [2.24, 2.45) is 0 Å². The first kappa shape index (κ1) is 19.1. The molecule has 0 aliphatic heterocycles. The average Bonchev–Trinajstić information content (AvgIpc) is 2.60. The average molecular weight is 368 g/mol. The number of halogens is 1. The molecule has 5 nitrogen and oxygen atoms in total. The molecule has 0 aliphatic carbocycles. The smallest absolute Gasteiger partial charge is 0.342 e. The van der Waals surface area contributed by atoms with E-state index in [1.165, 1.54) is 14.2 Å². The minimum Gasteiger partial charge on any atom is -0.493 e. The van der Waals surface area contributed by atoms with Gasteiger partial charge in [-0.25, -0.2) is 4.39 Å². The number of hydrogen-bond donors (Lipinski definition) is 0. The van der Waals surface area contributed by atoms with Crippen molar-refractivity contribution in [3.05, 3.63) is 47.8 Å². The number of benzene rings is 2. The molecule has 2 aromatic rings. The van der Waals surface area contributed by atoms with Crippen LogP contribution in [0.15, 0.2) is 41.3 Å². The Hall–Kier alpha value is -2.28. The van der Waals surface area contributed by atoms with E-state index in [1.54, 1.807) is 24.3 Å². The summed E-state index contributed by atoms with van der Waals surface area (Å²) in [4.78, 5) is -0.607. The molecule has 0 fully saturated rings. The summed E-state index contributed by atoms with van der Waals surface area (Å²) in [5.41, 5.74) is 0.745. The van der Waals surface area contributed by atoms with Gasteiger partial charge in [0.05, 0.1) is 14.2 Å². The Morgan fingerprint density at radius 1 is 1.04 bits per heavy atom. The third kappa shape index (κ3) is 4.04. The summed E-state index contributed by atoms with van der Waals surface area (Å²) in [5.74, 6) is -0.494. The molecule has 0 spiro atoms. The van der Waals surface area contributed by atoms with Crippen LogP contribution in [0.2, 0.25) is 0 Å². The molecule has 0 N–H and O–H groups in total. The highest BCUT2D eigenvalue weighted by Gasteiger charge is 2.26. The van der Waals surface area contributed by atoms with Crippen LogP contribution in [0, 0.1) is 5.82 Å².